The van der Waals surface area contributed by atoms with E-state index in [0.717, 1.165) is 0 Å². The van der Waals surface area contributed by atoms with E-state index >= 15 is 0 Å². The van der Waals surface area contributed by atoms with Crippen LogP contribution in [0.1, 0.15) is 27.6 Å². The van der Waals surface area contributed by atoms with E-state index < -0.39 is 5.82 Å². The van der Waals surface area contributed by atoms with Crippen molar-refractivity contribution in [3.63, 3.8) is 0 Å². The fourth-order valence-electron chi connectivity index (χ4n) is 1.22. The summed E-state index contributed by atoms with van der Waals surface area (Å²) in [6.45, 7) is 1.71. The highest BCUT2D eigenvalue weighted by molar-refractivity contribution is 5.89. The van der Waals surface area contributed by atoms with Crippen LogP contribution in [0.2, 0.25) is 0 Å². The maximum Gasteiger partial charge on any atom is 0.155 e. The van der Waals surface area contributed by atoms with Gasteiger partial charge in [-0.25, -0.2) is 4.39 Å². The Morgan fingerprint density at radius 1 is 1.38 bits per heavy atom. The second-order valence-electron chi connectivity index (χ2n) is 3.19. The Hall–Kier alpha value is -1.75. The van der Waals surface area contributed by atoms with Crippen LogP contribution in [-0.4, -0.2) is 25.9 Å². The molecule has 86 valence electrons. The molecule has 0 aliphatic rings. The van der Waals surface area contributed by atoms with E-state index in [1.54, 1.807) is 6.92 Å². The number of hydrogen-bond donors (Lipinski definition) is 1. The van der Waals surface area contributed by atoms with E-state index in [0.29, 0.717) is 18.3 Å². The van der Waals surface area contributed by atoms with Gasteiger partial charge in [0.2, 0.25) is 0 Å². The Labute approximate surface area is 92.4 Å². The SMILES string of the molecule is CO[C@H](C)Nc1ccc(C=O)c(F)c1C=O. The van der Waals surface area contributed by atoms with Gasteiger partial charge in [-0.3, -0.25) is 9.59 Å². The van der Waals surface area contributed by atoms with Crippen molar-refractivity contribution in [3.05, 3.63) is 29.1 Å². The molecule has 0 fully saturated rings. The quantitative estimate of drug-likeness (QED) is 0.613. The first-order valence-electron chi connectivity index (χ1n) is 4.66. The summed E-state index contributed by atoms with van der Waals surface area (Å²) in [5.41, 5.74) is -0.0151. The molecule has 0 saturated heterocycles. The number of anilines is 1. The fraction of sp³-hybridized carbons (Fsp3) is 0.273. The fourth-order valence-corrected chi connectivity index (χ4v) is 1.22. The number of carbonyl (C=O) groups is 2. The molecular weight excluding hydrogens is 213 g/mol. The van der Waals surface area contributed by atoms with Crippen LogP contribution in [-0.2, 0) is 4.74 Å². The predicted molar refractivity (Wildman–Crippen MR) is 57.3 cm³/mol. The van der Waals surface area contributed by atoms with E-state index in [4.69, 9.17) is 4.74 Å². The lowest BCUT2D eigenvalue weighted by Gasteiger charge is -2.15. The molecule has 1 aromatic carbocycles. The lowest BCUT2D eigenvalue weighted by Crippen LogP contribution is -2.18. The van der Waals surface area contributed by atoms with Gasteiger partial charge in [-0.15, -0.1) is 0 Å². The van der Waals surface area contributed by atoms with E-state index in [-0.39, 0.29) is 17.4 Å². The van der Waals surface area contributed by atoms with Gasteiger partial charge in [0, 0.05) is 12.8 Å². The Morgan fingerprint density at radius 2 is 2.06 bits per heavy atom. The van der Waals surface area contributed by atoms with E-state index in [2.05, 4.69) is 5.32 Å². The summed E-state index contributed by atoms with van der Waals surface area (Å²) in [4.78, 5) is 21.2. The third-order valence-electron chi connectivity index (χ3n) is 2.17. The minimum atomic E-state index is -0.821. The summed E-state index contributed by atoms with van der Waals surface area (Å²) in [6, 6.07) is 2.77. The van der Waals surface area contributed by atoms with Crippen LogP contribution < -0.4 is 5.32 Å². The zero-order chi connectivity index (χ0) is 12.1. The van der Waals surface area contributed by atoms with Gasteiger partial charge >= 0.3 is 0 Å². The number of nitrogens with one attached hydrogen (secondary N) is 1. The normalized spacial score (nSPS) is 11.9. The third kappa shape index (κ3) is 2.43. The topological polar surface area (TPSA) is 55.4 Å². The molecule has 0 spiro atoms. The molecule has 1 N–H and O–H groups in total. The van der Waals surface area contributed by atoms with Gasteiger partial charge in [0.15, 0.2) is 12.6 Å². The Balaban J connectivity index is 3.15. The minimum absolute atomic E-state index is 0.141. The number of carbonyl (C=O) groups excluding carboxylic acids is 2. The van der Waals surface area contributed by atoms with Crippen molar-refractivity contribution in [1.29, 1.82) is 0 Å². The molecule has 16 heavy (non-hydrogen) atoms. The van der Waals surface area contributed by atoms with Crippen LogP contribution in [0.15, 0.2) is 12.1 Å². The number of hydrogen-bond acceptors (Lipinski definition) is 4. The van der Waals surface area contributed by atoms with Crippen LogP contribution >= 0.6 is 0 Å². The molecule has 0 saturated carbocycles. The Morgan fingerprint density at radius 3 is 2.56 bits per heavy atom. The van der Waals surface area contributed by atoms with Crippen molar-refractivity contribution in [2.45, 2.75) is 13.2 Å². The molecule has 4 nitrogen and oxygen atoms in total. The van der Waals surface area contributed by atoms with Gasteiger partial charge in [0.1, 0.15) is 12.0 Å². The molecule has 0 radical (unpaired) electrons. The summed E-state index contributed by atoms with van der Waals surface area (Å²) in [5, 5.41) is 2.79. The number of rotatable bonds is 5. The largest absolute Gasteiger partial charge is 0.362 e. The summed E-state index contributed by atoms with van der Waals surface area (Å²) >= 11 is 0. The molecule has 0 unspecified atom stereocenters. The van der Waals surface area contributed by atoms with Gasteiger partial charge in [0.05, 0.1) is 11.1 Å². The van der Waals surface area contributed by atoms with Crippen LogP contribution in [0.25, 0.3) is 0 Å². The summed E-state index contributed by atoms with van der Waals surface area (Å²) < 4.78 is 18.5. The first kappa shape index (κ1) is 12.3. The number of ether oxygens (including phenoxy) is 1. The Kier molecular flexibility index (Phi) is 4.13. The highest BCUT2D eigenvalue weighted by Crippen LogP contribution is 2.20. The van der Waals surface area contributed by atoms with Gasteiger partial charge in [-0.2, -0.15) is 0 Å². The molecule has 1 atom stereocenters. The third-order valence-corrected chi connectivity index (χ3v) is 2.17. The summed E-state index contributed by atoms with van der Waals surface area (Å²) in [5.74, 6) is -0.821. The smallest absolute Gasteiger partial charge is 0.155 e. The van der Waals surface area contributed by atoms with Gasteiger partial charge in [-0.05, 0) is 19.1 Å². The molecule has 1 rings (SSSR count). The average Bonchev–Trinajstić information content (AvgIpc) is 2.29. The number of aldehydes is 2. The maximum absolute atomic E-state index is 13.5. The molecule has 0 aliphatic heterocycles. The minimum Gasteiger partial charge on any atom is -0.362 e. The lowest BCUT2D eigenvalue weighted by molar-refractivity contribution is 0.111. The standard InChI is InChI=1S/C11H12FNO3/c1-7(16-2)13-10-4-3-8(5-14)11(12)9(10)6-15/h3-7,13H,1-2H3/t7-/m1/s1. The molecule has 0 aliphatic carbocycles. The second-order valence-corrected chi connectivity index (χ2v) is 3.19. The number of benzene rings is 1. The second kappa shape index (κ2) is 5.37. The summed E-state index contributed by atoms with van der Waals surface area (Å²) in [7, 11) is 1.48. The average molecular weight is 225 g/mol. The summed E-state index contributed by atoms with van der Waals surface area (Å²) in [6.07, 6.45) is 0.374. The van der Waals surface area contributed by atoms with Gasteiger partial charge < -0.3 is 10.1 Å². The monoisotopic (exact) mass is 225 g/mol. The number of methoxy groups -OCH3 is 1. The van der Waals surface area contributed by atoms with Crippen LogP contribution in [0.4, 0.5) is 10.1 Å². The van der Waals surface area contributed by atoms with Crippen molar-refractivity contribution < 1.29 is 18.7 Å². The molecule has 5 heteroatoms. The van der Waals surface area contributed by atoms with Crippen molar-refractivity contribution >= 4 is 18.3 Å². The van der Waals surface area contributed by atoms with Crippen LogP contribution in [0.5, 0.6) is 0 Å². The van der Waals surface area contributed by atoms with E-state index in [1.807, 2.05) is 0 Å². The van der Waals surface area contributed by atoms with Crippen molar-refractivity contribution in [1.82, 2.24) is 0 Å². The molecule has 0 bridgehead atoms. The first-order valence-corrected chi connectivity index (χ1v) is 4.66. The maximum atomic E-state index is 13.5. The molecule has 1 aromatic rings. The number of halogens is 1. The highest BCUT2D eigenvalue weighted by atomic mass is 19.1. The molecule has 0 amide bonds. The molecule has 0 aromatic heterocycles. The first-order chi connectivity index (χ1) is 7.63. The van der Waals surface area contributed by atoms with Crippen molar-refractivity contribution in [3.8, 4) is 0 Å². The van der Waals surface area contributed by atoms with Gasteiger partial charge in [0.25, 0.3) is 0 Å². The molecule has 0 heterocycles. The molecular formula is C11H12FNO3. The highest BCUT2D eigenvalue weighted by Gasteiger charge is 2.13. The van der Waals surface area contributed by atoms with Gasteiger partial charge in [-0.1, -0.05) is 0 Å². The Bertz CT molecular complexity index is 406. The van der Waals surface area contributed by atoms with Crippen LogP contribution in [0, 0.1) is 5.82 Å². The lowest BCUT2D eigenvalue weighted by atomic mass is 10.1. The zero-order valence-corrected chi connectivity index (χ0v) is 8.99. The van der Waals surface area contributed by atoms with Crippen LogP contribution in [0.3, 0.4) is 0 Å². The predicted octanol–water partition coefficient (Wildman–Crippen LogP) is 1.85. The van der Waals surface area contributed by atoms with E-state index in [9.17, 15) is 14.0 Å². The van der Waals surface area contributed by atoms with E-state index in [1.165, 1.54) is 19.2 Å². The van der Waals surface area contributed by atoms with Crippen molar-refractivity contribution in [2.75, 3.05) is 12.4 Å². The van der Waals surface area contributed by atoms with Crippen molar-refractivity contribution in [2.24, 2.45) is 0 Å². The zero-order valence-electron chi connectivity index (χ0n) is 8.99.